The molecule has 0 fully saturated rings. The third-order valence-electron chi connectivity index (χ3n) is 0.883. The first-order valence-corrected chi connectivity index (χ1v) is 2.69. The minimum Gasteiger partial charge on any atom is -0.461 e. The quantitative estimate of drug-likeness (QED) is 0.523. The molecule has 59 valence electrons. The molecule has 10 heavy (non-hydrogen) atoms. The van der Waals surface area contributed by atoms with Crippen molar-refractivity contribution in [1.29, 1.82) is 0 Å². The molecule has 1 radical (unpaired) electrons. The van der Waals surface area contributed by atoms with Gasteiger partial charge in [-0.25, -0.2) is 0 Å². The van der Waals surface area contributed by atoms with Crippen LogP contribution < -0.4 is 5.32 Å². The van der Waals surface area contributed by atoms with E-state index in [1.165, 1.54) is 0 Å². The Morgan fingerprint density at radius 3 is 2.70 bits per heavy atom. The van der Waals surface area contributed by atoms with Crippen LogP contribution in [0.1, 0.15) is 0 Å². The van der Waals surface area contributed by atoms with Crippen LogP contribution in [0.3, 0.4) is 0 Å². The van der Waals surface area contributed by atoms with Gasteiger partial charge in [0.15, 0.2) is 0 Å². The minimum absolute atomic E-state index is 0. The van der Waals surface area contributed by atoms with Gasteiger partial charge in [-0.2, -0.15) is 0 Å². The zero-order chi connectivity index (χ0) is 7.11. The predicted molar refractivity (Wildman–Crippen MR) is 31.9 cm³/mol. The molecule has 0 aliphatic rings. The fourth-order valence-corrected chi connectivity index (χ4v) is 0.462. The van der Waals surface area contributed by atoms with E-state index in [0.717, 1.165) is 0 Å². The molecule has 0 bridgehead atoms. The van der Waals surface area contributed by atoms with E-state index < -0.39 is 6.10 Å². The molecule has 0 rings (SSSR count). The Morgan fingerprint density at radius 2 is 2.40 bits per heavy atom. The molecule has 4 nitrogen and oxygen atoms in total. The number of carbonyl (C=O) groups is 1. The van der Waals surface area contributed by atoms with Crippen molar-refractivity contribution in [2.45, 2.75) is 6.10 Å². The molecule has 2 N–H and O–H groups in total. The summed E-state index contributed by atoms with van der Waals surface area (Å²) in [5.74, 6) is 0. The molecule has 0 aromatic rings. The van der Waals surface area contributed by atoms with Gasteiger partial charge in [0.2, 0.25) is 0 Å². The van der Waals surface area contributed by atoms with Crippen LogP contribution in [0.2, 0.25) is 0 Å². The molecule has 0 aliphatic carbocycles. The summed E-state index contributed by atoms with van der Waals surface area (Å²) in [6.45, 7) is 0.674. The summed E-state index contributed by atoms with van der Waals surface area (Å²) in [4.78, 5) is 9.69. The van der Waals surface area contributed by atoms with Crippen LogP contribution in [0.4, 0.5) is 0 Å². The average Bonchev–Trinajstić information content (AvgIpc) is 1.88. The summed E-state index contributed by atoms with van der Waals surface area (Å²) in [5, 5.41) is 11.2. The van der Waals surface area contributed by atoms with Gasteiger partial charge in [0.1, 0.15) is 6.10 Å². The van der Waals surface area contributed by atoms with E-state index in [9.17, 15) is 4.79 Å². The maximum atomic E-state index is 9.69. The Labute approximate surface area is 71.8 Å². The Kier molecular flexibility index (Phi) is 11.3. The number of likely N-dealkylation sites (N-methyl/N-ethyl adjacent to an activating group) is 1. The third-order valence-corrected chi connectivity index (χ3v) is 0.883. The van der Waals surface area contributed by atoms with Crippen LogP contribution in [0, 0.1) is 0 Å². The van der Waals surface area contributed by atoms with Crippen molar-refractivity contribution in [2.75, 3.05) is 20.2 Å². The van der Waals surface area contributed by atoms with E-state index >= 15 is 0 Å². The van der Waals surface area contributed by atoms with E-state index in [0.29, 0.717) is 13.0 Å². The first kappa shape index (κ1) is 12.6. The van der Waals surface area contributed by atoms with E-state index in [1.807, 2.05) is 0 Å². The normalized spacial score (nSPS) is 11.4. The van der Waals surface area contributed by atoms with Gasteiger partial charge in [-0.05, 0) is 7.05 Å². The zero-order valence-electron chi connectivity index (χ0n) is 5.78. The maximum absolute atomic E-state index is 9.69. The summed E-state index contributed by atoms with van der Waals surface area (Å²) < 4.78 is 4.44. The Bertz CT molecular complexity index is 81.3. The van der Waals surface area contributed by atoms with Crippen molar-refractivity contribution in [2.24, 2.45) is 0 Å². The van der Waals surface area contributed by atoms with Gasteiger partial charge < -0.3 is 15.2 Å². The second-order valence-electron chi connectivity index (χ2n) is 1.59. The largest absolute Gasteiger partial charge is 0.461 e. The molecule has 1 atom stereocenters. The van der Waals surface area contributed by atoms with Crippen LogP contribution in [-0.2, 0) is 28.1 Å². The van der Waals surface area contributed by atoms with Crippen LogP contribution in [-0.4, -0.2) is 37.9 Å². The van der Waals surface area contributed by atoms with Gasteiger partial charge in [0.25, 0.3) is 6.47 Å². The second-order valence-corrected chi connectivity index (χ2v) is 1.59. The number of nitrogens with one attached hydrogen (secondary N) is 1. The molecule has 0 heterocycles. The number of hydrogen-bond donors (Lipinski definition) is 2. The van der Waals surface area contributed by atoms with Crippen molar-refractivity contribution in [3.8, 4) is 0 Å². The summed E-state index contributed by atoms with van der Waals surface area (Å²) in [6, 6.07) is 0. The van der Waals surface area contributed by atoms with Gasteiger partial charge in [-0.1, -0.05) is 0 Å². The summed E-state index contributed by atoms with van der Waals surface area (Å²) in [7, 11) is 1.72. The number of rotatable bonds is 5. The first-order valence-electron chi connectivity index (χ1n) is 2.69. The standard InChI is InChI=1S/C5H11NO3.V/c1-6-2-5(3-7)9-4-8;/h4-7H,2-3H2,1H3;. The van der Waals surface area contributed by atoms with Gasteiger partial charge in [-0.3, -0.25) is 4.79 Å². The molecule has 0 spiro atoms. The molecule has 0 amide bonds. The number of carbonyl (C=O) groups excluding carboxylic acids is 1. The SMILES string of the molecule is CNCC(CO)OC=O.[V]. The third kappa shape index (κ3) is 6.10. The van der Waals surface area contributed by atoms with Crippen molar-refractivity contribution in [3.63, 3.8) is 0 Å². The van der Waals surface area contributed by atoms with E-state index in [-0.39, 0.29) is 25.2 Å². The van der Waals surface area contributed by atoms with Crippen LogP contribution in [0.15, 0.2) is 0 Å². The van der Waals surface area contributed by atoms with Crippen LogP contribution in [0.5, 0.6) is 0 Å². The second kappa shape index (κ2) is 8.97. The summed E-state index contributed by atoms with van der Waals surface area (Å²) in [6.07, 6.45) is -0.410. The van der Waals surface area contributed by atoms with Gasteiger partial charge in [0.05, 0.1) is 6.61 Å². The minimum atomic E-state index is -0.410. The predicted octanol–water partition coefficient (Wildman–Crippen LogP) is -1.26. The van der Waals surface area contributed by atoms with E-state index in [2.05, 4.69) is 10.1 Å². The molecule has 0 aromatic carbocycles. The van der Waals surface area contributed by atoms with E-state index in [1.54, 1.807) is 7.05 Å². The number of hydrogen-bond acceptors (Lipinski definition) is 4. The van der Waals surface area contributed by atoms with E-state index in [4.69, 9.17) is 5.11 Å². The van der Waals surface area contributed by atoms with Crippen molar-refractivity contribution >= 4 is 6.47 Å². The smallest absolute Gasteiger partial charge is 0.293 e. The monoisotopic (exact) mass is 184 g/mol. The molecule has 5 heteroatoms. The van der Waals surface area contributed by atoms with Crippen molar-refractivity contribution in [1.82, 2.24) is 5.32 Å². The van der Waals surface area contributed by atoms with Crippen molar-refractivity contribution < 1.29 is 33.2 Å². The molecule has 0 aliphatic heterocycles. The van der Waals surface area contributed by atoms with Crippen molar-refractivity contribution in [3.05, 3.63) is 0 Å². The molecule has 0 saturated carbocycles. The fraction of sp³-hybridized carbons (Fsp3) is 0.800. The molecule has 1 unspecified atom stereocenters. The Balaban J connectivity index is 0. The number of aliphatic hydroxyl groups excluding tert-OH is 1. The first-order chi connectivity index (χ1) is 4.35. The van der Waals surface area contributed by atoms with Crippen LogP contribution >= 0.6 is 0 Å². The summed E-state index contributed by atoms with van der Waals surface area (Å²) in [5.41, 5.74) is 0. The molecular weight excluding hydrogens is 173 g/mol. The fourth-order valence-electron chi connectivity index (χ4n) is 0.462. The zero-order valence-corrected chi connectivity index (χ0v) is 7.18. The Hall–Kier alpha value is -0.0256. The van der Waals surface area contributed by atoms with Gasteiger partial charge in [-0.15, -0.1) is 0 Å². The van der Waals surface area contributed by atoms with Gasteiger partial charge >= 0.3 is 0 Å². The van der Waals surface area contributed by atoms with Crippen LogP contribution in [0.25, 0.3) is 0 Å². The Morgan fingerprint density at radius 1 is 1.80 bits per heavy atom. The maximum Gasteiger partial charge on any atom is 0.293 e. The molecule has 0 saturated heterocycles. The summed E-state index contributed by atoms with van der Waals surface area (Å²) >= 11 is 0. The molecular formula is C5H11NO3V. The topological polar surface area (TPSA) is 58.6 Å². The average molecular weight is 184 g/mol. The molecule has 0 aromatic heterocycles. The number of ether oxygens (including phenoxy) is 1. The number of aliphatic hydroxyl groups is 1. The van der Waals surface area contributed by atoms with Gasteiger partial charge in [0, 0.05) is 25.1 Å².